The average molecular weight is 264 g/mol. The predicted octanol–water partition coefficient (Wildman–Crippen LogP) is 3.29. The molecule has 0 saturated heterocycles. The summed E-state index contributed by atoms with van der Waals surface area (Å²) in [6.45, 7) is 0. The van der Waals surface area contributed by atoms with Gasteiger partial charge in [-0.25, -0.2) is 0 Å². The minimum Gasteiger partial charge on any atom is -0.497 e. The second-order valence-corrected chi connectivity index (χ2v) is 4.67. The van der Waals surface area contributed by atoms with Gasteiger partial charge in [-0.2, -0.15) is 0 Å². The summed E-state index contributed by atoms with van der Waals surface area (Å²) in [5.41, 5.74) is 9.49. The highest BCUT2D eigenvalue weighted by Gasteiger charge is 2.12. The van der Waals surface area contributed by atoms with Gasteiger partial charge >= 0.3 is 0 Å². The van der Waals surface area contributed by atoms with Gasteiger partial charge in [0.15, 0.2) is 0 Å². The normalized spacial score (nSPS) is 12.3. The Morgan fingerprint density at radius 2 is 1.90 bits per heavy atom. The molecule has 1 heterocycles. The fourth-order valence-corrected chi connectivity index (χ4v) is 2.41. The maximum atomic E-state index is 6.42. The molecule has 3 aromatic rings. The number of nitrogens with zero attached hydrogens (tertiary/aromatic N) is 1. The Bertz CT molecular complexity index is 734. The Balaban J connectivity index is 2.10. The first-order valence-electron chi connectivity index (χ1n) is 6.53. The number of hydrogen-bond acceptors (Lipinski definition) is 3. The van der Waals surface area contributed by atoms with Gasteiger partial charge in [0.25, 0.3) is 0 Å². The summed E-state index contributed by atoms with van der Waals surface area (Å²) in [4.78, 5) is 4.37. The van der Waals surface area contributed by atoms with E-state index in [2.05, 4.69) is 11.1 Å². The summed E-state index contributed by atoms with van der Waals surface area (Å²) in [5.74, 6) is 0.816. The number of benzene rings is 2. The van der Waals surface area contributed by atoms with Crippen LogP contribution < -0.4 is 10.5 Å². The fraction of sp³-hybridized carbons (Fsp3) is 0.118. The molecule has 0 aliphatic rings. The van der Waals surface area contributed by atoms with Crippen molar-refractivity contribution >= 4 is 10.9 Å². The van der Waals surface area contributed by atoms with Crippen molar-refractivity contribution in [2.45, 2.75) is 6.04 Å². The maximum Gasteiger partial charge on any atom is 0.119 e. The van der Waals surface area contributed by atoms with E-state index >= 15 is 0 Å². The van der Waals surface area contributed by atoms with Crippen LogP contribution in [-0.4, -0.2) is 12.1 Å². The molecule has 0 fully saturated rings. The number of rotatable bonds is 3. The highest BCUT2D eigenvalue weighted by atomic mass is 16.5. The van der Waals surface area contributed by atoms with Crippen molar-refractivity contribution in [3.8, 4) is 5.75 Å². The summed E-state index contributed by atoms with van der Waals surface area (Å²) < 4.78 is 5.26. The number of fused-ring (bicyclic) bond motifs is 1. The first-order chi connectivity index (χ1) is 9.79. The quantitative estimate of drug-likeness (QED) is 0.789. The molecule has 3 heteroatoms. The van der Waals surface area contributed by atoms with Crippen molar-refractivity contribution in [1.29, 1.82) is 0 Å². The zero-order valence-electron chi connectivity index (χ0n) is 11.3. The summed E-state index contributed by atoms with van der Waals surface area (Å²) in [6.07, 6.45) is 1.79. The van der Waals surface area contributed by atoms with E-state index in [1.807, 2.05) is 48.5 Å². The second-order valence-electron chi connectivity index (χ2n) is 4.67. The predicted molar refractivity (Wildman–Crippen MR) is 80.8 cm³/mol. The molecule has 1 aromatic heterocycles. The lowest BCUT2D eigenvalue weighted by molar-refractivity contribution is 0.414. The molecule has 3 nitrogen and oxygen atoms in total. The Morgan fingerprint density at radius 1 is 1.05 bits per heavy atom. The van der Waals surface area contributed by atoms with Crippen LogP contribution >= 0.6 is 0 Å². The van der Waals surface area contributed by atoms with E-state index in [-0.39, 0.29) is 6.04 Å². The van der Waals surface area contributed by atoms with Crippen molar-refractivity contribution in [2.24, 2.45) is 5.73 Å². The number of methoxy groups -OCH3 is 1. The molecule has 0 radical (unpaired) electrons. The van der Waals surface area contributed by atoms with Crippen LogP contribution in [0.15, 0.2) is 60.8 Å². The van der Waals surface area contributed by atoms with Crippen LogP contribution in [0, 0.1) is 0 Å². The topological polar surface area (TPSA) is 48.1 Å². The van der Waals surface area contributed by atoms with Crippen molar-refractivity contribution in [3.05, 3.63) is 71.9 Å². The molecular weight excluding hydrogens is 248 g/mol. The summed E-state index contributed by atoms with van der Waals surface area (Å²) in [7, 11) is 1.66. The molecule has 0 aliphatic carbocycles. The minimum absolute atomic E-state index is 0.196. The molecule has 0 aliphatic heterocycles. The highest BCUT2D eigenvalue weighted by molar-refractivity contribution is 5.82. The number of nitrogens with two attached hydrogens (primary N) is 1. The lowest BCUT2D eigenvalue weighted by atomic mass is 9.96. The third-order valence-electron chi connectivity index (χ3n) is 3.47. The van der Waals surface area contributed by atoms with Crippen LogP contribution in [0.25, 0.3) is 10.9 Å². The zero-order valence-corrected chi connectivity index (χ0v) is 11.3. The molecule has 1 atom stereocenters. The van der Waals surface area contributed by atoms with Gasteiger partial charge in [-0.1, -0.05) is 30.3 Å². The van der Waals surface area contributed by atoms with Gasteiger partial charge in [-0.05, 0) is 35.4 Å². The van der Waals surface area contributed by atoms with Crippen LogP contribution in [0.1, 0.15) is 17.2 Å². The zero-order chi connectivity index (χ0) is 13.9. The number of aromatic nitrogens is 1. The van der Waals surface area contributed by atoms with Gasteiger partial charge in [0, 0.05) is 11.6 Å². The first kappa shape index (κ1) is 12.6. The molecule has 0 spiro atoms. The number of hydrogen-bond donors (Lipinski definition) is 1. The summed E-state index contributed by atoms with van der Waals surface area (Å²) in [5, 5.41) is 1.09. The van der Waals surface area contributed by atoms with E-state index in [1.165, 1.54) is 0 Å². The van der Waals surface area contributed by atoms with Gasteiger partial charge in [0.2, 0.25) is 0 Å². The average Bonchev–Trinajstić information content (AvgIpc) is 2.53. The minimum atomic E-state index is -0.196. The van der Waals surface area contributed by atoms with Gasteiger partial charge in [0.1, 0.15) is 5.75 Å². The van der Waals surface area contributed by atoms with Gasteiger partial charge in [-0.15, -0.1) is 0 Å². The van der Waals surface area contributed by atoms with E-state index < -0.39 is 0 Å². The monoisotopic (exact) mass is 264 g/mol. The van der Waals surface area contributed by atoms with Crippen LogP contribution in [-0.2, 0) is 0 Å². The van der Waals surface area contributed by atoms with Crippen molar-refractivity contribution in [3.63, 3.8) is 0 Å². The molecule has 0 saturated carbocycles. The van der Waals surface area contributed by atoms with Crippen molar-refractivity contribution < 1.29 is 4.74 Å². The second kappa shape index (κ2) is 5.31. The Hall–Kier alpha value is -2.39. The van der Waals surface area contributed by atoms with E-state index in [9.17, 15) is 0 Å². The Morgan fingerprint density at radius 3 is 2.75 bits per heavy atom. The van der Waals surface area contributed by atoms with E-state index in [4.69, 9.17) is 10.5 Å². The molecule has 3 rings (SSSR count). The molecule has 0 amide bonds. The molecular formula is C17H16N2O. The molecule has 2 N–H and O–H groups in total. The molecule has 1 unspecified atom stereocenters. The smallest absolute Gasteiger partial charge is 0.119 e. The summed E-state index contributed by atoms with van der Waals surface area (Å²) >= 11 is 0. The number of ether oxygens (including phenoxy) is 1. The lowest BCUT2D eigenvalue weighted by Crippen LogP contribution is -2.12. The fourth-order valence-electron chi connectivity index (χ4n) is 2.41. The van der Waals surface area contributed by atoms with Crippen LogP contribution in [0.5, 0.6) is 5.75 Å². The van der Waals surface area contributed by atoms with E-state index in [0.717, 1.165) is 27.8 Å². The van der Waals surface area contributed by atoms with Crippen LogP contribution in [0.3, 0.4) is 0 Å². The largest absolute Gasteiger partial charge is 0.497 e. The molecule has 2 aromatic carbocycles. The Labute approximate surface area is 118 Å². The summed E-state index contributed by atoms with van der Waals surface area (Å²) in [6, 6.07) is 17.7. The van der Waals surface area contributed by atoms with Crippen molar-refractivity contribution in [2.75, 3.05) is 7.11 Å². The highest BCUT2D eigenvalue weighted by Crippen LogP contribution is 2.28. The van der Waals surface area contributed by atoms with E-state index in [0.29, 0.717) is 0 Å². The molecule has 20 heavy (non-hydrogen) atoms. The number of pyridine rings is 1. The van der Waals surface area contributed by atoms with Gasteiger partial charge < -0.3 is 10.5 Å². The standard InChI is InChI=1S/C17H16N2O/c1-20-13-6-2-5-12(11-13)17(18)15-7-3-9-16-14(15)8-4-10-19-16/h2-11,17H,18H2,1H3. The first-order valence-corrected chi connectivity index (χ1v) is 6.53. The van der Waals surface area contributed by atoms with Gasteiger partial charge in [-0.3, -0.25) is 4.98 Å². The van der Waals surface area contributed by atoms with E-state index in [1.54, 1.807) is 13.3 Å². The molecule has 0 bridgehead atoms. The maximum absolute atomic E-state index is 6.42. The third kappa shape index (κ3) is 2.24. The molecule has 100 valence electrons. The van der Waals surface area contributed by atoms with Crippen molar-refractivity contribution in [1.82, 2.24) is 4.98 Å². The van der Waals surface area contributed by atoms with Crippen LogP contribution in [0.2, 0.25) is 0 Å². The SMILES string of the molecule is COc1cccc(C(N)c2cccc3ncccc23)c1. The third-order valence-corrected chi connectivity index (χ3v) is 3.47. The van der Waals surface area contributed by atoms with Crippen LogP contribution in [0.4, 0.5) is 0 Å². The van der Waals surface area contributed by atoms with Gasteiger partial charge in [0.05, 0.1) is 18.7 Å². The Kier molecular flexibility index (Phi) is 3.35. The lowest BCUT2D eigenvalue weighted by Gasteiger charge is -2.15.